The third kappa shape index (κ3) is 3.12. The van der Waals surface area contributed by atoms with Gasteiger partial charge in [-0.2, -0.15) is 8.78 Å². The zero-order valence-electron chi connectivity index (χ0n) is 9.26. The van der Waals surface area contributed by atoms with Crippen molar-refractivity contribution in [3.63, 3.8) is 0 Å². The van der Waals surface area contributed by atoms with E-state index in [0.29, 0.717) is 5.56 Å². The van der Waals surface area contributed by atoms with Gasteiger partial charge in [0.25, 0.3) is 0 Å². The molecular weight excluding hydrogens is 231 g/mol. The van der Waals surface area contributed by atoms with E-state index in [-0.39, 0.29) is 11.8 Å². The number of nitrogens with one attached hydrogen (secondary N) is 1. The number of rotatable bonds is 3. The minimum atomic E-state index is -2.92. The summed E-state index contributed by atoms with van der Waals surface area (Å²) in [5.74, 6) is -0.639. The molecule has 0 bridgehead atoms. The highest BCUT2D eigenvalue weighted by atomic mass is 19.3. The SMILES string of the molecule is Fc1cc(OC(F)F)ccc1C1CCCCN1. The van der Waals surface area contributed by atoms with Crippen molar-refractivity contribution in [2.45, 2.75) is 31.9 Å². The molecule has 0 saturated carbocycles. The maximum Gasteiger partial charge on any atom is 0.387 e. The molecule has 1 aliphatic rings. The molecule has 1 aliphatic heterocycles. The van der Waals surface area contributed by atoms with Crippen molar-refractivity contribution in [3.05, 3.63) is 29.6 Å². The van der Waals surface area contributed by atoms with Gasteiger partial charge in [0.1, 0.15) is 11.6 Å². The van der Waals surface area contributed by atoms with Crippen LogP contribution in [0.3, 0.4) is 0 Å². The summed E-state index contributed by atoms with van der Waals surface area (Å²) in [6.45, 7) is -2.06. The largest absolute Gasteiger partial charge is 0.435 e. The Morgan fingerprint density at radius 1 is 1.29 bits per heavy atom. The summed E-state index contributed by atoms with van der Waals surface area (Å²) < 4.78 is 41.8. The number of ether oxygens (including phenoxy) is 1. The number of hydrogen-bond acceptors (Lipinski definition) is 2. The van der Waals surface area contributed by atoms with E-state index in [9.17, 15) is 13.2 Å². The maximum atomic E-state index is 13.7. The average Bonchev–Trinajstić information content (AvgIpc) is 2.29. The number of halogens is 3. The molecule has 0 aliphatic carbocycles. The third-order valence-corrected chi connectivity index (χ3v) is 2.88. The summed E-state index contributed by atoms with van der Waals surface area (Å²) in [7, 11) is 0. The molecule has 0 aromatic heterocycles. The Labute approximate surface area is 97.8 Å². The summed E-state index contributed by atoms with van der Waals surface area (Å²) in [6, 6.07) is 3.87. The van der Waals surface area contributed by atoms with Gasteiger partial charge in [-0.3, -0.25) is 0 Å². The Morgan fingerprint density at radius 2 is 2.12 bits per heavy atom. The fourth-order valence-corrected chi connectivity index (χ4v) is 2.08. The molecule has 5 heteroatoms. The van der Waals surface area contributed by atoms with Crippen LogP contribution in [0.25, 0.3) is 0 Å². The minimum absolute atomic E-state index is 0.0238. The van der Waals surface area contributed by atoms with E-state index in [1.165, 1.54) is 12.1 Å². The topological polar surface area (TPSA) is 21.3 Å². The third-order valence-electron chi connectivity index (χ3n) is 2.88. The average molecular weight is 245 g/mol. The van der Waals surface area contributed by atoms with E-state index < -0.39 is 12.4 Å². The van der Waals surface area contributed by atoms with E-state index >= 15 is 0 Å². The predicted octanol–water partition coefficient (Wildman–Crippen LogP) is 3.24. The fourth-order valence-electron chi connectivity index (χ4n) is 2.08. The van der Waals surface area contributed by atoms with Crippen LogP contribution in [-0.4, -0.2) is 13.2 Å². The maximum absolute atomic E-state index is 13.7. The van der Waals surface area contributed by atoms with Crippen molar-refractivity contribution in [3.8, 4) is 5.75 Å². The van der Waals surface area contributed by atoms with Crippen molar-refractivity contribution < 1.29 is 17.9 Å². The van der Waals surface area contributed by atoms with Crippen LogP contribution in [0.1, 0.15) is 30.9 Å². The predicted molar refractivity (Wildman–Crippen MR) is 57.6 cm³/mol. The summed E-state index contributed by atoms with van der Waals surface area (Å²) in [6.07, 6.45) is 3.00. The quantitative estimate of drug-likeness (QED) is 0.882. The molecule has 1 N–H and O–H groups in total. The Bertz CT molecular complexity index is 378. The zero-order chi connectivity index (χ0) is 12.3. The van der Waals surface area contributed by atoms with Gasteiger partial charge in [0.05, 0.1) is 0 Å². The number of piperidine rings is 1. The first-order valence-corrected chi connectivity index (χ1v) is 5.64. The fraction of sp³-hybridized carbons (Fsp3) is 0.500. The summed E-state index contributed by atoms with van der Waals surface area (Å²) >= 11 is 0. The summed E-state index contributed by atoms with van der Waals surface area (Å²) in [4.78, 5) is 0. The van der Waals surface area contributed by atoms with Gasteiger partial charge in [-0.1, -0.05) is 12.5 Å². The zero-order valence-corrected chi connectivity index (χ0v) is 9.26. The summed E-state index contributed by atoms with van der Waals surface area (Å²) in [5.41, 5.74) is 0.520. The summed E-state index contributed by atoms with van der Waals surface area (Å²) in [5, 5.41) is 3.21. The van der Waals surface area contributed by atoms with Crippen LogP contribution in [0.5, 0.6) is 5.75 Å². The Balaban J connectivity index is 2.13. The van der Waals surface area contributed by atoms with Crippen molar-refractivity contribution in [1.82, 2.24) is 5.32 Å². The molecule has 1 aromatic carbocycles. The lowest BCUT2D eigenvalue weighted by atomic mass is 9.97. The van der Waals surface area contributed by atoms with E-state index in [4.69, 9.17) is 0 Å². The van der Waals surface area contributed by atoms with Gasteiger partial charge in [-0.05, 0) is 25.5 Å². The molecule has 0 amide bonds. The lowest BCUT2D eigenvalue weighted by Crippen LogP contribution is -2.27. The first kappa shape index (κ1) is 12.2. The molecule has 17 heavy (non-hydrogen) atoms. The van der Waals surface area contributed by atoms with E-state index in [1.54, 1.807) is 0 Å². The minimum Gasteiger partial charge on any atom is -0.435 e. The lowest BCUT2D eigenvalue weighted by Gasteiger charge is -2.24. The van der Waals surface area contributed by atoms with Crippen molar-refractivity contribution in [1.29, 1.82) is 0 Å². The Kier molecular flexibility index (Phi) is 3.89. The Morgan fingerprint density at radius 3 is 2.71 bits per heavy atom. The highest BCUT2D eigenvalue weighted by Gasteiger charge is 2.18. The van der Waals surface area contributed by atoms with Crippen LogP contribution in [0.2, 0.25) is 0 Å². The van der Waals surface area contributed by atoms with Crippen molar-refractivity contribution >= 4 is 0 Å². The van der Waals surface area contributed by atoms with Crippen LogP contribution in [-0.2, 0) is 0 Å². The molecule has 1 unspecified atom stereocenters. The van der Waals surface area contributed by atoms with Crippen LogP contribution in [0, 0.1) is 5.82 Å². The molecule has 0 spiro atoms. The second kappa shape index (κ2) is 5.40. The van der Waals surface area contributed by atoms with Gasteiger partial charge in [-0.15, -0.1) is 0 Å². The molecule has 1 atom stereocenters. The first-order chi connectivity index (χ1) is 8.16. The van der Waals surface area contributed by atoms with E-state index in [1.807, 2.05) is 0 Å². The van der Waals surface area contributed by atoms with E-state index in [2.05, 4.69) is 10.1 Å². The number of benzene rings is 1. The molecule has 1 fully saturated rings. The van der Waals surface area contributed by atoms with Crippen LogP contribution < -0.4 is 10.1 Å². The van der Waals surface area contributed by atoms with Gasteiger partial charge < -0.3 is 10.1 Å². The van der Waals surface area contributed by atoms with Crippen molar-refractivity contribution in [2.24, 2.45) is 0 Å². The monoisotopic (exact) mass is 245 g/mol. The first-order valence-electron chi connectivity index (χ1n) is 5.64. The molecule has 2 nitrogen and oxygen atoms in total. The van der Waals surface area contributed by atoms with Gasteiger partial charge in [0.2, 0.25) is 0 Å². The molecule has 1 heterocycles. The second-order valence-corrected chi connectivity index (χ2v) is 4.06. The van der Waals surface area contributed by atoms with Gasteiger partial charge in [0.15, 0.2) is 0 Å². The van der Waals surface area contributed by atoms with E-state index in [0.717, 1.165) is 31.9 Å². The highest BCUT2D eigenvalue weighted by Crippen LogP contribution is 2.27. The molecule has 2 rings (SSSR count). The van der Waals surface area contributed by atoms with Crippen LogP contribution in [0.15, 0.2) is 18.2 Å². The molecule has 1 aromatic rings. The lowest BCUT2D eigenvalue weighted by molar-refractivity contribution is -0.0500. The van der Waals surface area contributed by atoms with Gasteiger partial charge >= 0.3 is 6.61 Å². The van der Waals surface area contributed by atoms with Crippen LogP contribution >= 0.6 is 0 Å². The molecular formula is C12H14F3NO. The molecule has 1 saturated heterocycles. The van der Waals surface area contributed by atoms with Crippen molar-refractivity contribution in [2.75, 3.05) is 6.54 Å². The number of alkyl halides is 2. The normalized spacial score (nSPS) is 20.6. The standard InChI is InChI=1S/C12H14F3NO/c13-10-7-8(17-12(14)15)4-5-9(10)11-3-1-2-6-16-11/h4-5,7,11-12,16H,1-3,6H2. The molecule has 94 valence electrons. The molecule has 0 radical (unpaired) electrons. The highest BCUT2D eigenvalue weighted by molar-refractivity contribution is 5.31. The second-order valence-electron chi connectivity index (χ2n) is 4.06. The van der Waals surface area contributed by atoms with Crippen LogP contribution in [0.4, 0.5) is 13.2 Å². The number of hydrogen-bond donors (Lipinski definition) is 1. The smallest absolute Gasteiger partial charge is 0.387 e. The Hall–Kier alpha value is -1.23. The van der Waals surface area contributed by atoms with Gasteiger partial charge in [-0.25, -0.2) is 4.39 Å². The van der Waals surface area contributed by atoms with Gasteiger partial charge in [0, 0.05) is 17.7 Å².